The maximum Gasteiger partial charge on any atom is 0.347 e. The number of carbonyl (C=O) groups is 1. The second-order valence-electron chi connectivity index (χ2n) is 3.79. The molecule has 2 aromatic rings. The van der Waals surface area contributed by atoms with Gasteiger partial charge in [-0.15, -0.1) is 0 Å². The summed E-state index contributed by atoms with van der Waals surface area (Å²) in [7, 11) is 3.34. The molecule has 0 atom stereocenters. The Bertz CT molecular complexity index is 558. The fraction of sp³-hybridized carbons (Fsp3) is 0.154. The average Bonchev–Trinajstić information content (AvgIpc) is 2.71. The molecule has 1 heterocycles. The maximum atomic E-state index is 11.9. The van der Waals surface area contributed by atoms with Crippen molar-refractivity contribution < 1.29 is 14.3 Å². The molecule has 0 aliphatic heterocycles. The number of nitrogen functional groups attached to an aromatic ring is 1. The summed E-state index contributed by atoms with van der Waals surface area (Å²) in [6, 6.07) is 8.39. The summed E-state index contributed by atoms with van der Waals surface area (Å²) in [6.07, 6.45) is 1.71. The van der Waals surface area contributed by atoms with Crippen molar-refractivity contribution in [2.24, 2.45) is 7.05 Å². The molecule has 2 rings (SSSR count). The molecule has 0 saturated carbocycles. The van der Waals surface area contributed by atoms with Crippen molar-refractivity contribution >= 4 is 11.8 Å². The van der Waals surface area contributed by atoms with Crippen LogP contribution < -0.4 is 15.2 Å². The van der Waals surface area contributed by atoms with Crippen molar-refractivity contribution in [3.05, 3.63) is 42.1 Å². The van der Waals surface area contributed by atoms with Crippen LogP contribution in [-0.2, 0) is 7.05 Å². The second-order valence-corrected chi connectivity index (χ2v) is 3.79. The number of rotatable bonds is 3. The van der Waals surface area contributed by atoms with Crippen molar-refractivity contribution in [3.8, 4) is 11.5 Å². The number of esters is 1. The van der Waals surface area contributed by atoms with Gasteiger partial charge in [-0.1, -0.05) is 0 Å². The van der Waals surface area contributed by atoms with E-state index in [1.165, 1.54) is 0 Å². The number of ether oxygens (including phenoxy) is 2. The molecular formula is C13H14N2O3. The van der Waals surface area contributed by atoms with E-state index in [0.29, 0.717) is 22.9 Å². The zero-order valence-corrected chi connectivity index (χ0v) is 10.2. The molecule has 5 heteroatoms. The van der Waals surface area contributed by atoms with Gasteiger partial charge in [0.15, 0.2) is 0 Å². The van der Waals surface area contributed by atoms with Crippen molar-refractivity contribution in [1.29, 1.82) is 0 Å². The number of anilines is 1. The summed E-state index contributed by atoms with van der Waals surface area (Å²) in [4.78, 5) is 11.9. The molecule has 0 amide bonds. The lowest BCUT2D eigenvalue weighted by molar-refractivity contribution is 0.0736. The van der Waals surface area contributed by atoms with Gasteiger partial charge in [0.05, 0.1) is 7.11 Å². The van der Waals surface area contributed by atoms with Crippen LogP contribution >= 0.6 is 0 Å². The maximum absolute atomic E-state index is 11.9. The van der Waals surface area contributed by atoms with E-state index < -0.39 is 5.97 Å². The monoisotopic (exact) mass is 246 g/mol. The number of hydrogen-bond donors (Lipinski definition) is 1. The third kappa shape index (κ3) is 2.29. The van der Waals surface area contributed by atoms with E-state index in [4.69, 9.17) is 15.2 Å². The van der Waals surface area contributed by atoms with Crippen LogP contribution in [0.2, 0.25) is 0 Å². The van der Waals surface area contributed by atoms with Gasteiger partial charge in [-0.2, -0.15) is 0 Å². The van der Waals surface area contributed by atoms with Crippen LogP contribution in [0.5, 0.6) is 11.5 Å². The fourth-order valence-electron chi connectivity index (χ4n) is 1.52. The number of benzene rings is 1. The Morgan fingerprint density at radius 3 is 2.28 bits per heavy atom. The molecule has 0 radical (unpaired) electrons. The quantitative estimate of drug-likeness (QED) is 0.662. The van der Waals surface area contributed by atoms with E-state index >= 15 is 0 Å². The summed E-state index contributed by atoms with van der Waals surface area (Å²) in [6.45, 7) is 0. The normalized spacial score (nSPS) is 10.1. The third-order valence-corrected chi connectivity index (χ3v) is 2.61. The van der Waals surface area contributed by atoms with Crippen molar-refractivity contribution in [1.82, 2.24) is 4.57 Å². The Labute approximate surface area is 105 Å². The van der Waals surface area contributed by atoms with E-state index in [9.17, 15) is 4.79 Å². The van der Waals surface area contributed by atoms with Crippen LogP contribution in [-0.4, -0.2) is 17.6 Å². The minimum absolute atomic E-state index is 0.355. The van der Waals surface area contributed by atoms with Gasteiger partial charge in [0.1, 0.15) is 22.9 Å². The SMILES string of the molecule is COc1ccc(OC(=O)c2ccn(C)c2N)cc1. The molecule has 94 valence electrons. The summed E-state index contributed by atoms with van der Waals surface area (Å²) < 4.78 is 11.9. The Kier molecular flexibility index (Phi) is 3.23. The molecule has 0 aliphatic rings. The molecule has 0 spiro atoms. The van der Waals surface area contributed by atoms with Crippen LogP contribution in [0.3, 0.4) is 0 Å². The van der Waals surface area contributed by atoms with E-state index in [0.717, 1.165) is 0 Å². The molecule has 2 N–H and O–H groups in total. The minimum atomic E-state index is -0.474. The smallest absolute Gasteiger partial charge is 0.347 e. The van der Waals surface area contributed by atoms with Crippen molar-refractivity contribution in [2.75, 3.05) is 12.8 Å². The highest BCUT2D eigenvalue weighted by molar-refractivity contribution is 5.95. The largest absolute Gasteiger partial charge is 0.497 e. The van der Waals surface area contributed by atoms with Gasteiger partial charge in [-0.25, -0.2) is 4.79 Å². The Morgan fingerprint density at radius 1 is 1.17 bits per heavy atom. The first-order chi connectivity index (χ1) is 8.61. The fourth-order valence-corrected chi connectivity index (χ4v) is 1.52. The van der Waals surface area contributed by atoms with E-state index in [2.05, 4.69) is 0 Å². The minimum Gasteiger partial charge on any atom is -0.497 e. The molecule has 0 unspecified atom stereocenters. The molecule has 5 nitrogen and oxygen atoms in total. The summed E-state index contributed by atoms with van der Waals surface area (Å²) in [5.41, 5.74) is 6.10. The van der Waals surface area contributed by atoms with E-state index in [1.807, 2.05) is 0 Å². The van der Waals surface area contributed by atoms with Gasteiger partial charge < -0.3 is 19.8 Å². The Balaban J connectivity index is 2.13. The van der Waals surface area contributed by atoms with Crippen molar-refractivity contribution in [3.63, 3.8) is 0 Å². The topological polar surface area (TPSA) is 66.5 Å². The number of aryl methyl sites for hydroxylation is 1. The average molecular weight is 246 g/mol. The molecular weight excluding hydrogens is 232 g/mol. The molecule has 0 saturated heterocycles. The van der Waals surface area contributed by atoms with Gasteiger partial charge in [0.2, 0.25) is 0 Å². The first-order valence-corrected chi connectivity index (χ1v) is 5.39. The first kappa shape index (κ1) is 12.0. The summed E-state index contributed by atoms with van der Waals surface area (Å²) in [5.74, 6) is 1.06. The van der Waals surface area contributed by atoms with E-state index in [-0.39, 0.29) is 0 Å². The molecule has 1 aromatic carbocycles. The highest BCUT2D eigenvalue weighted by Crippen LogP contribution is 2.20. The molecule has 0 aliphatic carbocycles. The predicted molar refractivity (Wildman–Crippen MR) is 67.8 cm³/mol. The first-order valence-electron chi connectivity index (χ1n) is 5.39. The Hall–Kier alpha value is -2.43. The predicted octanol–water partition coefficient (Wildman–Crippen LogP) is 1.84. The van der Waals surface area contributed by atoms with Gasteiger partial charge >= 0.3 is 5.97 Å². The zero-order chi connectivity index (χ0) is 13.1. The lowest BCUT2D eigenvalue weighted by atomic mass is 10.3. The van der Waals surface area contributed by atoms with Gasteiger partial charge in [0.25, 0.3) is 0 Å². The lowest BCUT2D eigenvalue weighted by Crippen LogP contribution is -2.10. The molecule has 0 bridgehead atoms. The molecule has 0 fully saturated rings. The zero-order valence-electron chi connectivity index (χ0n) is 10.2. The number of aromatic nitrogens is 1. The highest BCUT2D eigenvalue weighted by atomic mass is 16.5. The number of nitrogens with zero attached hydrogens (tertiary/aromatic N) is 1. The van der Waals surface area contributed by atoms with Crippen molar-refractivity contribution in [2.45, 2.75) is 0 Å². The third-order valence-electron chi connectivity index (χ3n) is 2.61. The Morgan fingerprint density at radius 2 is 1.78 bits per heavy atom. The van der Waals surface area contributed by atoms with Crippen LogP contribution in [0.15, 0.2) is 36.5 Å². The molecule has 1 aromatic heterocycles. The number of hydrogen-bond acceptors (Lipinski definition) is 4. The lowest BCUT2D eigenvalue weighted by Gasteiger charge is -2.05. The van der Waals surface area contributed by atoms with Crippen LogP contribution in [0.1, 0.15) is 10.4 Å². The molecule has 18 heavy (non-hydrogen) atoms. The summed E-state index contributed by atoms with van der Waals surface area (Å²) >= 11 is 0. The van der Waals surface area contributed by atoms with Crippen LogP contribution in [0.4, 0.5) is 5.82 Å². The number of carbonyl (C=O) groups excluding carboxylic acids is 1. The van der Waals surface area contributed by atoms with E-state index in [1.54, 1.807) is 55.3 Å². The van der Waals surface area contributed by atoms with Gasteiger partial charge in [-0.05, 0) is 30.3 Å². The standard InChI is InChI=1S/C13H14N2O3/c1-15-8-7-11(12(15)14)13(16)18-10-5-3-9(17-2)4-6-10/h3-8H,14H2,1-2H3. The number of methoxy groups -OCH3 is 1. The van der Waals surface area contributed by atoms with Crippen LogP contribution in [0, 0.1) is 0 Å². The number of nitrogens with two attached hydrogens (primary N) is 1. The van der Waals surface area contributed by atoms with Gasteiger partial charge in [-0.3, -0.25) is 0 Å². The highest BCUT2D eigenvalue weighted by Gasteiger charge is 2.14. The summed E-state index contributed by atoms with van der Waals surface area (Å²) in [5, 5.41) is 0. The second kappa shape index (κ2) is 4.83. The van der Waals surface area contributed by atoms with Gasteiger partial charge in [0, 0.05) is 13.2 Å². The van der Waals surface area contributed by atoms with Crippen LogP contribution in [0.25, 0.3) is 0 Å².